The van der Waals surface area contributed by atoms with Gasteiger partial charge in [-0.2, -0.15) is 0 Å². The maximum absolute atomic E-state index is 12.1. The monoisotopic (exact) mass is 312 g/mol. The average molecular weight is 313 g/mol. The number of nitrogens with zero attached hydrogens (tertiary/aromatic N) is 1. The molecule has 0 radical (unpaired) electrons. The molecule has 5 nitrogen and oxygen atoms in total. The molecule has 3 N–H and O–H groups in total. The molecule has 1 aliphatic heterocycles. The third-order valence-electron chi connectivity index (χ3n) is 3.59. The Hall–Kier alpha value is -1.72. The van der Waals surface area contributed by atoms with Gasteiger partial charge in [-0.3, -0.25) is 4.79 Å². The fourth-order valence-corrected chi connectivity index (χ4v) is 2.56. The molecule has 1 aromatic rings. The van der Waals surface area contributed by atoms with Crippen LogP contribution >= 0.6 is 12.4 Å². The second-order valence-electron chi connectivity index (χ2n) is 5.02. The number of ether oxygens (including phenoxy) is 1. The maximum atomic E-state index is 12.1. The van der Waals surface area contributed by atoms with Crippen molar-refractivity contribution < 1.29 is 14.6 Å². The summed E-state index contributed by atoms with van der Waals surface area (Å²) >= 11 is 0. The predicted molar refractivity (Wildman–Crippen MR) is 85.2 cm³/mol. The van der Waals surface area contributed by atoms with Crippen molar-refractivity contribution in [2.75, 3.05) is 18.6 Å². The van der Waals surface area contributed by atoms with Crippen LogP contribution in [0.4, 0.5) is 5.69 Å². The van der Waals surface area contributed by atoms with E-state index in [1.54, 1.807) is 24.1 Å². The van der Waals surface area contributed by atoms with E-state index >= 15 is 0 Å². The lowest BCUT2D eigenvalue weighted by Gasteiger charge is -2.32. The van der Waals surface area contributed by atoms with Crippen molar-refractivity contribution in [1.29, 1.82) is 0 Å². The molecule has 0 fully saturated rings. The highest BCUT2D eigenvalue weighted by molar-refractivity contribution is 5.99. The third-order valence-corrected chi connectivity index (χ3v) is 3.59. The lowest BCUT2D eigenvalue weighted by atomic mass is 9.90. The van der Waals surface area contributed by atoms with Crippen LogP contribution in [0.15, 0.2) is 18.7 Å². The average Bonchev–Trinajstić information content (AvgIpc) is 2.44. The van der Waals surface area contributed by atoms with Gasteiger partial charge in [0.2, 0.25) is 5.91 Å². The molecule has 1 aromatic carbocycles. The van der Waals surface area contributed by atoms with E-state index in [4.69, 9.17) is 10.5 Å². The van der Waals surface area contributed by atoms with Crippen LogP contribution in [0.3, 0.4) is 0 Å². The van der Waals surface area contributed by atoms with Crippen molar-refractivity contribution in [3.05, 3.63) is 29.8 Å². The van der Waals surface area contributed by atoms with E-state index < -0.39 is 0 Å². The van der Waals surface area contributed by atoms with Gasteiger partial charge < -0.3 is 20.5 Å². The van der Waals surface area contributed by atoms with Crippen LogP contribution in [0.25, 0.3) is 0 Å². The summed E-state index contributed by atoms with van der Waals surface area (Å²) in [5.41, 5.74) is 7.64. The summed E-state index contributed by atoms with van der Waals surface area (Å²) in [5.74, 6) is 0.570. The fourth-order valence-electron chi connectivity index (χ4n) is 2.56. The van der Waals surface area contributed by atoms with Gasteiger partial charge in [0, 0.05) is 30.6 Å². The first-order valence-corrected chi connectivity index (χ1v) is 6.60. The summed E-state index contributed by atoms with van der Waals surface area (Å²) in [6.07, 6.45) is 2.12. The number of halogens is 1. The fraction of sp³-hybridized carbons (Fsp3) is 0.400. The number of aromatic hydroxyl groups is 1. The number of benzene rings is 1. The molecule has 0 saturated carbocycles. The van der Waals surface area contributed by atoms with Gasteiger partial charge in [0.05, 0.1) is 5.69 Å². The second kappa shape index (κ2) is 6.83. The number of hydrogen-bond donors (Lipinski definition) is 2. The summed E-state index contributed by atoms with van der Waals surface area (Å²) in [6.45, 7) is 6.01. The van der Waals surface area contributed by atoms with Gasteiger partial charge in [-0.15, -0.1) is 12.4 Å². The standard InChI is InChI=1S/C15H20N2O3.ClH/c1-4-5-20-12-7-10(8-16)14(18)11-6-9(2)15(19)17(3)13(11)12;/h4,7,9,18H,1,5-6,8,16H2,2-3H3;1H. The SMILES string of the molecule is C=CCOc1cc(CN)c(O)c2c1N(C)C(=O)C(C)C2.Cl. The van der Waals surface area contributed by atoms with Crippen LogP contribution in [0.5, 0.6) is 11.5 Å². The molecule has 21 heavy (non-hydrogen) atoms. The molecule has 0 aliphatic carbocycles. The molecule has 2 rings (SSSR count). The van der Waals surface area contributed by atoms with Crippen LogP contribution in [0.2, 0.25) is 0 Å². The smallest absolute Gasteiger partial charge is 0.230 e. The van der Waals surface area contributed by atoms with Crippen LogP contribution < -0.4 is 15.4 Å². The zero-order chi connectivity index (χ0) is 14.9. The zero-order valence-electron chi connectivity index (χ0n) is 12.3. The van der Waals surface area contributed by atoms with Crippen LogP contribution in [-0.2, 0) is 17.8 Å². The maximum Gasteiger partial charge on any atom is 0.230 e. The molecule has 1 aliphatic rings. The van der Waals surface area contributed by atoms with Crippen molar-refractivity contribution in [3.8, 4) is 11.5 Å². The van der Waals surface area contributed by atoms with Gasteiger partial charge in [-0.05, 0) is 12.5 Å². The van der Waals surface area contributed by atoms with E-state index in [1.165, 1.54) is 0 Å². The number of carbonyl (C=O) groups is 1. The summed E-state index contributed by atoms with van der Waals surface area (Å²) in [7, 11) is 1.69. The minimum atomic E-state index is -0.168. The van der Waals surface area contributed by atoms with E-state index in [-0.39, 0.29) is 36.5 Å². The normalized spacial score (nSPS) is 17.0. The number of rotatable bonds is 4. The Kier molecular flexibility index (Phi) is 5.63. The van der Waals surface area contributed by atoms with Crippen molar-refractivity contribution in [2.24, 2.45) is 11.7 Å². The second-order valence-corrected chi connectivity index (χ2v) is 5.02. The van der Waals surface area contributed by atoms with Gasteiger partial charge in [0.1, 0.15) is 18.1 Å². The number of hydrogen-bond acceptors (Lipinski definition) is 4. The van der Waals surface area contributed by atoms with Gasteiger partial charge in [0.15, 0.2) is 0 Å². The summed E-state index contributed by atoms with van der Waals surface area (Å²) in [6, 6.07) is 1.69. The number of phenolic OH excluding ortho intramolecular Hbond substituents is 1. The van der Waals surface area contributed by atoms with Crippen LogP contribution in [0, 0.1) is 5.92 Å². The van der Waals surface area contributed by atoms with E-state index in [1.807, 2.05) is 6.92 Å². The molecule has 116 valence electrons. The molecule has 1 atom stereocenters. The predicted octanol–water partition coefficient (Wildman–Crippen LogP) is 1.99. The minimum absolute atomic E-state index is 0. The van der Waals surface area contributed by atoms with Crippen molar-refractivity contribution in [3.63, 3.8) is 0 Å². The van der Waals surface area contributed by atoms with Crippen molar-refractivity contribution >= 4 is 24.0 Å². The Morgan fingerprint density at radius 3 is 2.86 bits per heavy atom. The number of amides is 1. The highest BCUT2D eigenvalue weighted by Gasteiger charge is 2.33. The highest BCUT2D eigenvalue weighted by atomic mass is 35.5. The highest BCUT2D eigenvalue weighted by Crippen LogP contribution is 2.44. The van der Waals surface area contributed by atoms with E-state index in [9.17, 15) is 9.90 Å². The van der Waals surface area contributed by atoms with E-state index in [0.29, 0.717) is 30.0 Å². The number of anilines is 1. The largest absolute Gasteiger partial charge is 0.507 e. The summed E-state index contributed by atoms with van der Waals surface area (Å²) in [4.78, 5) is 13.7. The molecule has 0 spiro atoms. The number of phenols is 1. The van der Waals surface area contributed by atoms with Crippen molar-refractivity contribution in [2.45, 2.75) is 19.9 Å². The molecular formula is C15H21ClN2O3. The minimum Gasteiger partial charge on any atom is -0.507 e. The molecule has 1 unspecified atom stereocenters. The summed E-state index contributed by atoms with van der Waals surface area (Å²) < 4.78 is 5.63. The topological polar surface area (TPSA) is 75.8 Å². The first-order valence-electron chi connectivity index (χ1n) is 6.60. The Morgan fingerprint density at radius 2 is 2.29 bits per heavy atom. The van der Waals surface area contributed by atoms with Gasteiger partial charge in [-0.25, -0.2) is 0 Å². The molecule has 1 amide bonds. The Balaban J connectivity index is 0.00000220. The first kappa shape index (κ1) is 17.3. The van der Waals surface area contributed by atoms with Crippen LogP contribution in [0.1, 0.15) is 18.1 Å². The summed E-state index contributed by atoms with van der Waals surface area (Å²) in [5, 5.41) is 10.3. The van der Waals surface area contributed by atoms with E-state index in [2.05, 4.69) is 6.58 Å². The zero-order valence-corrected chi connectivity index (χ0v) is 13.1. The molecule has 6 heteroatoms. The van der Waals surface area contributed by atoms with Crippen molar-refractivity contribution in [1.82, 2.24) is 0 Å². The van der Waals surface area contributed by atoms with Gasteiger partial charge in [-0.1, -0.05) is 19.6 Å². The molecule has 0 aromatic heterocycles. The number of fused-ring (bicyclic) bond motifs is 1. The quantitative estimate of drug-likeness (QED) is 0.834. The third kappa shape index (κ3) is 2.99. The lowest BCUT2D eigenvalue weighted by Crippen LogP contribution is -2.37. The molecule has 1 heterocycles. The number of carbonyl (C=O) groups excluding carboxylic acids is 1. The molecular weight excluding hydrogens is 292 g/mol. The Morgan fingerprint density at radius 1 is 1.62 bits per heavy atom. The Labute approximate surface area is 130 Å². The molecule has 0 bridgehead atoms. The van der Waals surface area contributed by atoms with Crippen LogP contribution in [-0.4, -0.2) is 24.7 Å². The number of nitrogens with two attached hydrogens (primary N) is 1. The lowest BCUT2D eigenvalue weighted by molar-refractivity contribution is -0.122. The van der Waals surface area contributed by atoms with Gasteiger partial charge >= 0.3 is 0 Å². The molecule has 0 saturated heterocycles. The first-order chi connectivity index (χ1) is 9.51. The van der Waals surface area contributed by atoms with Gasteiger partial charge in [0.25, 0.3) is 0 Å². The van der Waals surface area contributed by atoms with E-state index in [0.717, 1.165) is 5.56 Å². The Bertz CT molecular complexity index is 560.